The molecule has 0 saturated carbocycles. The quantitative estimate of drug-likeness (QED) is 0.531. The molecule has 33 heavy (non-hydrogen) atoms. The molecule has 11 heteroatoms. The van der Waals surface area contributed by atoms with Crippen LogP contribution < -0.4 is 11.1 Å². The van der Waals surface area contributed by atoms with E-state index in [4.69, 9.17) is 22.1 Å². The lowest BCUT2D eigenvalue weighted by atomic mass is 10.1. The van der Waals surface area contributed by atoms with E-state index in [0.29, 0.717) is 48.5 Å². The van der Waals surface area contributed by atoms with Crippen molar-refractivity contribution in [2.24, 2.45) is 5.73 Å². The minimum Gasteiger partial charge on any atom is -0.381 e. The van der Waals surface area contributed by atoms with Crippen molar-refractivity contribution in [3.05, 3.63) is 53.3 Å². The van der Waals surface area contributed by atoms with Gasteiger partial charge in [-0.25, -0.2) is 9.78 Å². The molecule has 1 fully saturated rings. The second kappa shape index (κ2) is 9.97. The Morgan fingerprint density at radius 3 is 2.64 bits per heavy atom. The number of carbonyl (C=O) groups excluding carboxylic acids is 3. The van der Waals surface area contributed by atoms with Crippen LogP contribution in [0.4, 0.5) is 10.6 Å². The van der Waals surface area contributed by atoms with Gasteiger partial charge in [0.25, 0.3) is 0 Å². The minimum absolute atomic E-state index is 0.0825. The summed E-state index contributed by atoms with van der Waals surface area (Å²) in [5.41, 5.74) is 6.38. The Labute approximate surface area is 194 Å². The normalized spacial score (nSPS) is 14.2. The van der Waals surface area contributed by atoms with Crippen LogP contribution in [-0.4, -0.2) is 63.3 Å². The van der Waals surface area contributed by atoms with Gasteiger partial charge in [-0.05, 0) is 31.0 Å². The van der Waals surface area contributed by atoms with Gasteiger partial charge in [-0.15, -0.1) is 0 Å². The highest BCUT2D eigenvalue weighted by molar-refractivity contribution is 6.29. The van der Waals surface area contributed by atoms with Gasteiger partial charge in [-0.3, -0.25) is 9.59 Å². The van der Waals surface area contributed by atoms with Crippen LogP contribution in [0, 0.1) is 0 Å². The Bertz CT molecular complexity index is 1190. The fourth-order valence-corrected chi connectivity index (χ4v) is 4.07. The van der Waals surface area contributed by atoms with E-state index in [1.54, 1.807) is 47.4 Å². The predicted octanol–water partition coefficient (Wildman–Crippen LogP) is 2.20. The Kier molecular flexibility index (Phi) is 6.85. The van der Waals surface area contributed by atoms with Gasteiger partial charge in [-0.2, -0.15) is 9.78 Å². The predicted molar refractivity (Wildman–Crippen MR) is 122 cm³/mol. The van der Waals surface area contributed by atoms with Crippen LogP contribution in [0.1, 0.15) is 18.5 Å². The molecule has 1 aromatic carbocycles. The van der Waals surface area contributed by atoms with Gasteiger partial charge in [0.05, 0.1) is 17.6 Å². The lowest BCUT2D eigenvalue weighted by molar-refractivity contribution is -0.138. The van der Waals surface area contributed by atoms with Crippen molar-refractivity contribution >= 4 is 46.2 Å². The number of nitrogens with zero attached hydrogens (tertiary/aromatic N) is 4. The summed E-state index contributed by atoms with van der Waals surface area (Å²) in [7, 11) is 0. The molecular weight excluding hydrogens is 448 g/mol. The number of anilines is 1. The summed E-state index contributed by atoms with van der Waals surface area (Å²) < 4.78 is 6.50. The molecular formula is C22H23ClN6O4. The van der Waals surface area contributed by atoms with Crippen LogP contribution in [0.3, 0.4) is 0 Å². The number of halogens is 1. The number of aromatic nitrogens is 3. The zero-order valence-electron chi connectivity index (χ0n) is 17.7. The molecule has 0 spiro atoms. The number of nitrogens with two attached hydrogens (primary N) is 1. The number of pyridine rings is 1. The molecule has 1 saturated heterocycles. The first-order valence-electron chi connectivity index (χ1n) is 10.5. The molecule has 3 heterocycles. The molecule has 1 aliphatic heterocycles. The Morgan fingerprint density at radius 1 is 1.15 bits per heavy atom. The van der Waals surface area contributed by atoms with Crippen molar-refractivity contribution in [2.45, 2.75) is 25.3 Å². The third kappa shape index (κ3) is 5.29. The first kappa shape index (κ1) is 22.7. The van der Waals surface area contributed by atoms with E-state index in [0.717, 1.165) is 4.68 Å². The maximum atomic E-state index is 13.4. The van der Waals surface area contributed by atoms with Crippen LogP contribution in [0.2, 0.25) is 5.15 Å². The molecule has 3 aromatic rings. The summed E-state index contributed by atoms with van der Waals surface area (Å²) in [4.78, 5) is 43.5. The molecule has 172 valence electrons. The first-order chi connectivity index (χ1) is 15.9. The van der Waals surface area contributed by atoms with E-state index in [1.165, 1.54) is 0 Å². The fraction of sp³-hybridized carbons (Fsp3) is 0.318. The highest BCUT2D eigenvalue weighted by Crippen LogP contribution is 2.21. The SMILES string of the molecule is NC(=O)n1nc(CC(=O)N(CC(=O)Nc2cccc(Cl)n2)C2CCOCC2)c2ccccc21. The number of hydrogen-bond donors (Lipinski definition) is 2. The molecule has 0 bridgehead atoms. The molecule has 4 rings (SSSR count). The molecule has 0 atom stereocenters. The molecule has 10 nitrogen and oxygen atoms in total. The van der Waals surface area contributed by atoms with Crippen LogP contribution in [0.15, 0.2) is 42.5 Å². The highest BCUT2D eigenvalue weighted by atomic mass is 35.5. The van der Waals surface area contributed by atoms with Gasteiger partial charge in [0.2, 0.25) is 11.8 Å². The monoisotopic (exact) mass is 470 g/mol. The van der Waals surface area contributed by atoms with Crippen molar-refractivity contribution in [2.75, 3.05) is 25.1 Å². The van der Waals surface area contributed by atoms with Crippen LogP contribution in [0.25, 0.3) is 10.9 Å². The summed E-state index contributed by atoms with van der Waals surface area (Å²) in [5.74, 6) is -0.369. The van der Waals surface area contributed by atoms with Crippen molar-refractivity contribution in [3.63, 3.8) is 0 Å². The Balaban J connectivity index is 1.56. The molecule has 0 radical (unpaired) electrons. The van der Waals surface area contributed by atoms with E-state index in [-0.39, 0.29) is 30.1 Å². The molecule has 1 aliphatic rings. The number of rotatable bonds is 6. The lowest BCUT2D eigenvalue weighted by Crippen LogP contribution is -2.47. The molecule has 0 aliphatic carbocycles. The number of fused-ring (bicyclic) bond motifs is 1. The maximum Gasteiger partial charge on any atom is 0.340 e. The van der Waals surface area contributed by atoms with Gasteiger partial charge < -0.3 is 20.7 Å². The number of carbonyl (C=O) groups is 3. The highest BCUT2D eigenvalue weighted by Gasteiger charge is 2.29. The summed E-state index contributed by atoms with van der Waals surface area (Å²) in [5, 5.41) is 7.85. The van der Waals surface area contributed by atoms with Crippen LogP contribution >= 0.6 is 11.6 Å². The topological polar surface area (TPSA) is 132 Å². The zero-order valence-corrected chi connectivity index (χ0v) is 18.5. The van der Waals surface area contributed by atoms with Gasteiger partial charge in [0.1, 0.15) is 17.5 Å². The van der Waals surface area contributed by atoms with E-state index < -0.39 is 11.9 Å². The molecule has 2 aromatic heterocycles. The van der Waals surface area contributed by atoms with E-state index in [9.17, 15) is 14.4 Å². The average molecular weight is 471 g/mol. The fourth-order valence-electron chi connectivity index (χ4n) is 3.91. The number of hydrogen-bond acceptors (Lipinski definition) is 6. The summed E-state index contributed by atoms with van der Waals surface area (Å²) >= 11 is 5.89. The second-order valence-electron chi connectivity index (χ2n) is 7.65. The number of nitrogens with one attached hydrogen (secondary N) is 1. The number of primary amides is 1. The number of para-hydroxylation sites is 1. The number of ether oxygens (including phenoxy) is 1. The lowest BCUT2D eigenvalue weighted by Gasteiger charge is -2.33. The van der Waals surface area contributed by atoms with Gasteiger partial charge >= 0.3 is 6.03 Å². The zero-order chi connectivity index (χ0) is 23.4. The second-order valence-corrected chi connectivity index (χ2v) is 8.04. The standard InChI is InChI=1S/C22H23ClN6O4/c23-18-6-3-7-19(25-18)26-20(30)13-28(14-8-10-33-11-9-14)21(31)12-16-15-4-1-2-5-17(15)29(27-16)22(24)32/h1-7,14H,8-13H2,(H2,24,32)(H,25,26,30). The van der Waals surface area contributed by atoms with E-state index >= 15 is 0 Å². The Hall–Kier alpha value is -3.50. The summed E-state index contributed by atoms with van der Waals surface area (Å²) in [6, 6.07) is 11.0. The number of amides is 3. The maximum absolute atomic E-state index is 13.4. The van der Waals surface area contributed by atoms with Crippen molar-refractivity contribution in [3.8, 4) is 0 Å². The van der Waals surface area contributed by atoms with Gasteiger partial charge in [0.15, 0.2) is 0 Å². The van der Waals surface area contributed by atoms with E-state index in [2.05, 4.69) is 15.4 Å². The molecule has 0 unspecified atom stereocenters. The largest absolute Gasteiger partial charge is 0.381 e. The smallest absolute Gasteiger partial charge is 0.340 e. The summed E-state index contributed by atoms with van der Waals surface area (Å²) in [6.07, 6.45) is 1.15. The first-order valence-corrected chi connectivity index (χ1v) is 10.9. The van der Waals surface area contributed by atoms with Crippen molar-refractivity contribution in [1.29, 1.82) is 0 Å². The molecule has 3 N–H and O–H groups in total. The summed E-state index contributed by atoms with van der Waals surface area (Å²) in [6.45, 7) is 0.850. The minimum atomic E-state index is -0.736. The number of benzene rings is 1. The Morgan fingerprint density at radius 2 is 1.91 bits per heavy atom. The molecule has 3 amide bonds. The van der Waals surface area contributed by atoms with E-state index in [1.807, 2.05) is 0 Å². The van der Waals surface area contributed by atoms with Crippen molar-refractivity contribution in [1.82, 2.24) is 19.7 Å². The van der Waals surface area contributed by atoms with Crippen LogP contribution in [0.5, 0.6) is 0 Å². The third-order valence-corrected chi connectivity index (χ3v) is 5.65. The van der Waals surface area contributed by atoms with Gasteiger partial charge in [-0.1, -0.05) is 35.9 Å². The van der Waals surface area contributed by atoms with Crippen molar-refractivity contribution < 1.29 is 19.1 Å². The average Bonchev–Trinajstić information content (AvgIpc) is 3.17. The van der Waals surface area contributed by atoms with Crippen LogP contribution in [-0.2, 0) is 20.7 Å². The third-order valence-electron chi connectivity index (χ3n) is 5.44. The van der Waals surface area contributed by atoms with Gasteiger partial charge in [0, 0.05) is 24.6 Å².